The second kappa shape index (κ2) is 7.21. The van der Waals surface area contributed by atoms with Crippen molar-refractivity contribution in [3.8, 4) is 0 Å². The van der Waals surface area contributed by atoms with E-state index in [1.54, 1.807) is 13.1 Å². The van der Waals surface area contributed by atoms with E-state index in [0.29, 0.717) is 21.1 Å². The van der Waals surface area contributed by atoms with Crippen LogP contribution in [0.5, 0.6) is 0 Å². The number of carbonyl (C=O) groups excluding carboxylic acids is 1. The minimum absolute atomic E-state index is 0.0974. The molecule has 3 heterocycles. The highest BCUT2D eigenvalue weighted by Crippen LogP contribution is 2.24. The molecule has 8 heteroatoms. The molecular formula is C19H17N3O3S2. The lowest BCUT2D eigenvalue weighted by Crippen LogP contribution is -2.28. The zero-order valence-corrected chi connectivity index (χ0v) is 16.4. The predicted octanol–water partition coefficient (Wildman–Crippen LogP) is 3.71. The molecule has 6 nitrogen and oxygen atoms in total. The van der Waals surface area contributed by atoms with E-state index in [-0.39, 0.29) is 23.3 Å². The van der Waals surface area contributed by atoms with Crippen molar-refractivity contribution in [2.24, 2.45) is 7.05 Å². The Kier molecular flexibility index (Phi) is 4.75. The van der Waals surface area contributed by atoms with Gasteiger partial charge in [-0.2, -0.15) is 0 Å². The maximum atomic E-state index is 12.3. The highest BCUT2D eigenvalue weighted by atomic mass is 32.2. The van der Waals surface area contributed by atoms with Crippen molar-refractivity contribution in [1.29, 1.82) is 0 Å². The number of nitrogens with zero attached hydrogens (tertiary/aromatic N) is 2. The second-order valence-electron chi connectivity index (χ2n) is 6.16. The number of hydrogen-bond acceptors (Lipinski definition) is 6. The topological polar surface area (TPSA) is 77.1 Å². The largest absolute Gasteiger partial charge is 0.459 e. The summed E-state index contributed by atoms with van der Waals surface area (Å²) in [6.07, 6.45) is 0. The Bertz CT molecular complexity index is 1160. The van der Waals surface area contributed by atoms with Gasteiger partial charge < -0.3 is 9.73 Å². The van der Waals surface area contributed by atoms with Crippen LogP contribution in [-0.4, -0.2) is 21.2 Å². The molecule has 3 aromatic heterocycles. The van der Waals surface area contributed by atoms with E-state index in [0.717, 1.165) is 11.0 Å². The molecule has 0 aliphatic rings. The first kappa shape index (κ1) is 17.8. The molecule has 27 heavy (non-hydrogen) atoms. The van der Waals surface area contributed by atoms with Gasteiger partial charge in [-0.1, -0.05) is 30.0 Å². The molecular weight excluding hydrogens is 382 g/mol. The van der Waals surface area contributed by atoms with Crippen LogP contribution in [0.1, 0.15) is 18.7 Å². The van der Waals surface area contributed by atoms with Crippen LogP contribution < -0.4 is 10.9 Å². The summed E-state index contributed by atoms with van der Waals surface area (Å²) < 4.78 is 7.27. The Balaban J connectivity index is 1.43. The molecule has 1 atom stereocenters. The summed E-state index contributed by atoms with van der Waals surface area (Å²) >= 11 is 2.66. The van der Waals surface area contributed by atoms with E-state index in [2.05, 4.69) is 10.3 Å². The van der Waals surface area contributed by atoms with Crippen LogP contribution in [0.2, 0.25) is 0 Å². The molecule has 0 bridgehead atoms. The lowest BCUT2D eigenvalue weighted by molar-refractivity contribution is -0.119. The minimum Gasteiger partial charge on any atom is -0.459 e. The predicted molar refractivity (Wildman–Crippen MR) is 108 cm³/mol. The Hall–Kier alpha value is -2.58. The minimum atomic E-state index is -0.248. The molecule has 0 saturated carbocycles. The van der Waals surface area contributed by atoms with Gasteiger partial charge in [0.05, 0.1) is 17.2 Å². The maximum absolute atomic E-state index is 12.3. The number of thioether (sulfide) groups is 1. The number of hydrogen-bond donors (Lipinski definition) is 1. The Morgan fingerprint density at radius 2 is 2.19 bits per heavy atom. The van der Waals surface area contributed by atoms with Gasteiger partial charge >= 0.3 is 0 Å². The highest BCUT2D eigenvalue weighted by molar-refractivity contribution is 7.99. The van der Waals surface area contributed by atoms with Gasteiger partial charge in [-0.15, -0.1) is 11.3 Å². The lowest BCUT2D eigenvalue weighted by atomic mass is 10.2. The number of benzene rings is 1. The normalized spacial score (nSPS) is 12.5. The fourth-order valence-electron chi connectivity index (χ4n) is 2.81. The summed E-state index contributed by atoms with van der Waals surface area (Å²) in [5, 5.41) is 6.91. The molecule has 0 aliphatic heterocycles. The summed E-state index contributed by atoms with van der Waals surface area (Å²) in [5.74, 6) is 0.732. The quantitative estimate of drug-likeness (QED) is 0.409. The third-order valence-electron chi connectivity index (χ3n) is 4.25. The highest BCUT2D eigenvalue weighted by Gasteiger charge is 2.16. The smallest absolute Gasteiger partial charge is 0.262 e. The van der Waals surface area contributed by atoms with Crippen LogP contribution in [-0.2, 0) is 11.8 Å². The average Bonchev–Trinajstić information content (AvgIpc) is 3.30. The molecule has 1 aromatic carbocycles. The fourth-order valence-corrected chi connectivity index (χ4v) is 4.40. The third-order valence-corrected chi connectivity index (χ3v) is 6.08. The number of aromatic nitrogens is 2. The molecule has 0 saturated heterocycles. The van der Waals surface area contributed by atoms with Crippen LogP contribution >= 0.6 is 23.1 Å². The summed E-state index contributed by atoms with van der Waals surface area (Å²) in [6, 6.07) is 11.2. The number of para-hydroxylation sites is 1. The molecule has 0 aliphatic carbocycles. The van der Waals surface area contributed by atoms with E-state index in [1.165, 1.54) is 27.7 Å². The molecule has 0 fully saturated rings. The van der Waals surface area contributed by atoms with Crippen molar-refractivity contribution in [2.75, 3.05) is 5.75 Å². The number of carbonyl (C=O) groups is 1. The SMILES string of the molecule is CC(NC(=O)CSc1nc2sccc2c(=O)n1C)c1cc2ccccc2o1. The van der Waals surface area contributed by atoms with Crippen molar-refractivity contribution < 1.29 is 9.21 Å². The second-order valence-corrected chi connectivity index (χ2v) is 8.00. The van der Waals surface area contributed by atoms with Gasteiger partial charge in [0.25, 0.3) is 5.56 Å². The van der Waals surface area contributed by atoms with Crippen LogP contribution in [0.15, 0.2) is 56.1 Å². The Labute approximate surface area is 163 Å². The zero-order valence-electron chi connectivity index (χ0n) is 14.8. The van der Waals surface area contributed by atoms with Crippen molar-refractivity contribution in [1.82, 2.24) is 14.9 Å². The summed E-state index contributed by atoms with van der Waals surface area (Å²) in [7, 11) is 1.67. The molecule has 0 spiro atoms. The van der Waals surface area contributed by atoms with Crippen LogP contribution in [0, 0.1) is 0 Å². The zero-order chi connectivity index (χ0) is 19.0. The molecule has 4 rings (SSSR count). The van der Waals surface area contributed by atoms with E-state index in [9.17, 15) is 9.59 Å². The van der Waals surface area contributed by atoms with Crippen LogP contribution in [0.4, 0.5) is 0 Å². The molecule has 1 N–H and O–H groups in total. The number of amides is 1. The lowest BCUT2D eigenvalue weighted by Gasteiger charge is -2.11. The number of nitrogens with one attached hydrogen (secondary N) is 1. The van der Waals surface area contributed by atoms with Crippen molar-refractivity contribution in [3.63, 3.8) is 0 Å². The standard InChI is InChI=1S/C19H17N3O3S2/c1-11(15-9-12-5-3-4-6-14(12)25-15)20-16(23)10-27-19-21-17-13(7-8-26-17)18(24)22(19)2/h3-9,11H,10H2,1-2H3,(H,20,23). The van der Waals surface area contributed by atoms with Gasteiger partial charge in [-0.05, 0) is 30.5 Å². The Morgan fingerprint density at radius 3 is 3.00 bits per heavy atom. The molecule has 1 unspecified atom stereocenters. The van der Waals surface area contributed by atoms with Crippen molar-refractivity contribution in [3.05, 3.63) is 57.9 Å². The molecule has 1 amide bonds. The van der Waals surface area contributed by atoms with Gasteiger partial charge in [0.1, 0.15) is 16.2 Å². The number of fused-ring (bicyclic) bond motifs is 2. The first-order valence-corrected chi connectivity index (χ1v) is 10.2. The molecule has 0 radical (unpaired) electrons. The van der Waals surface area contributed by atoms with E-state index in [1.807, 2.05) is 42.6 Å². The summed E-state index contributed by atoms with van der Waals surface area (Å²) in [5.41, 5.74) is 0.700. The van der Waals surface area contributed by atoms with E-state index >= 15 is 0 Å². The van der Waals surface area contributed by atoms with Gasteiger partial charge in [-0.25, -0.2) is 4.98 Å². The van der Waals surface area contributed by atoms with Gasteiger partial charge in [0, 0.05) is 12.4 Å². The first-order chi connectivity index (χ1) is 13.0. The van der Waals surface area contributed by atoms with Gasteiger partial charge in [0.2, 0.25) is 5.91 Å². The van der Waals surface area contributed by atoms with Crippen LogP contribution in [0.25, 0.3) is 21.2 Å². The molecule has 4 aromatic rings. The van der Waals surface area contributed by atoms with E-state index in [4.69, 9.17) is 4.42 Å². The molecule has 138 valence electrons. The monoisotopic (exact) mass is 399 g/mol. The van der Waals surface area contributed by atoms with Gasteiger partial charge in [0.15, 0.2) is 5.16 Å². The third kappa shape index (κ3) is 3.50. The first-order valence-electron chi connectivity index (χ1n) is 8.38. The van der Waals surface area contributed by atoms with E-state index < -0.39 is 0 Å². The summed E-state index contributed by atoms with van der Waals surface area (Å²) in [6.45, 7) is 1.88. The maximum Gasteiger partial charge on any atom is 0.262 e. The summed E-state index contributed by atoms with van der Waals surface area (Å²) in [4.78, 5) is 29.8. The number of furan rings is 1. The number of rotatable bonds is 5. The number of thiophene rings is 1. The van der Waals surface area contributed by atoms with Gasteiger partial charge in [-0.3, -0.25) is 14.2 Å². The van der Waals surface area contributed by atoms with Crippen molar-refractivity contribution in [2.45, 2.75) is 18.1 Å². The average molecular weight is 399 g/mol. The van der Waals surface area contributed by atoms with Crippen LogP contribution in [0.3, 0.4) is 0 Å². The van der Waals surface area contributed by atoms with Crippen molar-refractivity contribution >= 4 is 50.2 Å². The Morgan fingerprint density at radius 1 is 1.37 bits per heavy atom. The fraction of sp³-hybridized carbons (Fsp3) is 0.211.